The summed E-state index contributed by atoms with van der Waals surface area (Å²) in [6, 6.07) is 12.4. The van der Waals surface area contributed by atoms with Gasteiger partial charge in [-0.1, -0.05) is 24.6 Å². The largest absolute Gasteiger partial charge is 0.493 e. The maximum Gasteiger partial charge on any atom is 0.335 e. The van der Waals surface area contributed by atoms with E-state index in [1.54, 1.807) is 24.3 Å². The molecular weight excluding hydrogens is 390 g/mol. The summed E-state index contributed by atoms with van der Waals surface area (Å²) in [4.78, 5) is 31.8. The van der Waals surface area contributed by atoms with Crippen molar-refractivity contribution in [2.45, 2.75) is 32.6 Å². The third kappa shape index (κ3) is 3.63. The van der Waals surface area contributed by atoms with Crippen molar-refractivity contribution in [2.75, 3.05) is 0 Å². The SMILES string of the molecule is CCC(=Nc1ccc2c(c1)CCC2)c1c(O)n(-c2ccc(Cl)cc2)c(=O)[nH]c1=O. The van der Waals surface area contributed by atoms with Gasteiger partial charge in [-0.05, 0) is 73.2 Å². The molecule has 1 aliphatic carbocycles. The fourth-order valence-corrected chi connectivity index (χ4v) is 3.84. The van der Waals surface area contributed by atoms with E-state index < -0.39 is 17.1 Å². The summed E-state index contributed by atoms with van der Waals surface area (Å²) in [6.45, 7) is 1.85. The minimum absolute atomic E-state index is 0.0115. The first-order chi connectivity index (χ1) is 14.0. The Morgan fingerprint density at radius 3 is 2.59 bits per heavy atom. The molecule has 0 spiro atoms. The Kier molecular flexibility index (Phi) is 5.11. The average molecular weight is 410 g/mol. The highest BCUT2D eigenvalue weighted by Gasteiger charge is 2.20. The van der Waals surface area contributed by atoms with Crippen LogP contribution in [0.3, 0.4) is 0 Å². The molecule has 0 bridgehead atoms. The molecule has 2 N–H and O–H groups in total. The number of aromatic amines is 1. The molecule has 0 amide bonds. The van der Waals surface area contributed by atoms with E-state index >= 15 is 0 Å². The molecule has 3 aromatic rings. The van der Waals surface area contributed by atoms with Gasteiger partial charge in [-0.3, -0.25) is 14.8 Å². The molecule has 1 heterocycles. The number of nitrogens with one attached hydrogen (secondary N) is 1. The number of halogens is 1. The van der Waals surface area contributed by atoms with Crippen LogP contribution in [-0.4, -0.2) is 20.4 Å². The first-order valence-electron chi connectivity index (χ1n) is 9.52. The van der Waals surface area contributed by atoms with Crippen molar-refractivity contribution in [3.05, 3.63) is 85.0 Å². The van der Waals surface area contributed by atoms with E-state index in [0.717, 1.165) is 29.5 Å². The summed E-state index contributed by atoms with van der Waals surface area (Å²) in [6.07, 6.45) is 3.64. The molecule has 0 fully saturated rings. The Hall–Kier alpha value is -3.12. The predicted octanol–water partition coefficient (Wildman–Crippen LogP) is 3.90. The van der Waals surface area contributed by atoms with Gasteiger partial charge in [0.1, 0.15) is 5.56 Å². The molecule has 0 saturated heterocycles. The second-order valence-electron chi connectivity index (χ2n) is 6.99. The summed E-state index contributed by atoms with van der Waals surface area (Å²) in [7, 11) is 0. The van der Waals surface area contributed by atoms with Gasteiger partial charge >= 0.3 is 5.69 Å². The fraction of sp³-hybridized carbons (Fsp3) is 0.227. The second kappa shape index (κ2) is 7.72. The van der Waals surface area contributed by atoms with E-state index in [0.29, 0.717) is 22.8 Å². The van der Waals surface area contributed by atoms with Crippen molar-refractivity contribution in [2.24, 2.45) is 4.99 Å². The number of aliphatic imine (C=N–C) groups is 1. The number of aromatic nitrogens is 2. The zero-order valence-corrected chi connectivity index (χ0v) is 16.7. The second-order valence-corrected chi connectivity index (χ2v) is 7.42. The van der Waals surface area contributed by atoms with Crippen LogP contribution in [0.5, 0.6) is 5.88 Å². The molecule has 4 rings (SSSR count). The molecule has 148 valence electrons. The van der Waals surface area contributed by atoms with Crippen LogP contribution < -0.4 is 11.2 Å². The van der Waals surface area contributed by atoms with Crippen molar-refractivity contribution in [3.63, 3.8) is 0 Å². The summed E-state index contributed by atoms with van der Waals surface area (Å²) < 4.78 is 1.04. The molecule has 1 aromatic heterocycles. The third-order valence-electron chi connectivity index (χ3n) is 5.14. The molecule has 2 aromatic carbocycles. The van der Waals surface area contributed by atoms with Gasteiger partial charge < -0.3 is 5.11 Å². The number of fused-ring (bicyclic) bond motifs is 1. The smallest absolute Gasteiger partial charge is 0.335 e. The molecule has 0 atom stereocenters. The van der Waals surface area contributed by atoms with Crippen LogP contribution in [0.25, 0.3) is 5.69 Å². The zero-order chi connectivity index (χ0) is 20.5. The summed E-state index contributed by atoms with van der Waals surface area (Å²) in [5.41, 5.74) is 2.72. The number of aromatic hydroxyl groups is 1. The fourth-order valence-electron chi connectivity index (χ4n) is 3.71. The number of nitrogens with zero attached hydrogens (tertiary/aromatic N) is 2. The topological polar surface area (TPSA) is 87.4 Å². The van der Waals surface area contributed by atoms with E-state index in [4.69, 9.17) is 11.6 Å². The van der Waals surface area contributed by atoms with Crippen LogP contribution in [0, 0.1) is 0 Å². The minimum Gasteiger partial charge on any atom is -0.493 e. The molecule has 0 unspecified atom stereocenters. The summed E-state index contributed by atoms with van der Waals surface area (Å²) in [5.74, 6) is -0.442. The Balaban J connectivity index is 1.86. The van der Waals surface area contributed by atoms with E-state index in [1.165, 1.54) is 11.1 Å². The Morgan fingerprint density at radius 1 is 1.14 bits per heavy atom. The van der Waals surface area contributed by atoms with Gasteiger partial charge in [0, 0.05) is 5.02 Å². The molecule has 1 aliphatic rings. The normalized spacial score (nSPS) is 13.5. The highest BCUT2D eigenvalue weighted by Crippen LogP contribution is 2.27. The van der Waals surface area contributed by atoms with Gasteiger partial charge in [-0.2, -0.15) is 0 Å². The average Bonchev–Trinajstić information content (AvgIpc) is 3.16. The van der Waals surface area contributed by atoms with Crippen molar-refractivity contribution in [3.8, 4) is 11.6 Å². The molecule has 6 nitrogen and oxygen atoms in total. The van der Waals surface area contributed by atoms with Crippen LogP contribution in [0.15, 0.2) is 57.0 Å². The van der Waals surface area contributed by atoms with Crippen LogP contribution in [-0.2, 0) is 12.8 Å². The molecular formula is C22H20ClN3O3. The van der Waals surface area contributed by atoms with Crippen LogP contribution in [0.2, 0.25) is 5.02 Å². The first-order valence-corrected chi connectivity index (χ1v) is 9.89. The first kappa shape index (κ1) is 19.2. The summed E-state index contributed by atoms with van der Waals surface area (Å²) >= 11 is 5.91. The number of rotatable bonds is 4. The third-order valence-corrected chi connectivity index (χ3v) is 5.39. The van der Waals surface area contributed by atoms with Crippen LogP contribution in [0.1, 0.15) is 36.5 Å². The van der Waals surface area contributed by atoms with Gasteiger partial charge in [-0.25, -0.2) is 9.36 Å². The van der Waals surface area contributed by atoms with E-state index in [2.05, 4.69) is 16.0 Å². The Morgan fingerprint density at radius 2 is 1.86 bits per heavy atom. The zero-order valence-electron chi connectivity index (χ0n) is 15.9. The van der Waals surface area contributed by atoms with Gasteiger partial charge in [0.25, 0.3) is 5.56 Å². The number of aryl methyl sites for hydroxylation is 2. The number of hydrogen-bond donors (Lipinski definition) is 2. The van der Waals surface area contributed by atoms with E-state index in [-0.39, 0.29) is 5.56 Å². The summed E-state index contributed by atoms with van der Waals surface area (Å²) in [5, 5.41) is 11.3. The maximum atomic E-state index is 12.5. The highest BCUT2D eigenvalue weighted by atomic mass is 35.5. The van der Waals surface area contributed by atoms with Gasteiger partial charge in [0.05, 0.1) is 17.1 Å². The van der Waals surface area contributed by atoms with E-state index in [1.807, 2.05) is 19.1 Å². The Labute approximate surface area is 172 Å². The van der Waals surface area contributed by atoms with Crippen LogP contribution >= 0.6 is 11.6 Å². The lowest BCUT2D eigenvalue weighted by Crippen LogP contribution is -2.33. The monoisotopic (exact) mass is 409 g/mol. The van der Waals surface area contributed by atoms with Crippen molar-refractivity contribution < 1.29 is 5.11 Å². The van der Waals surface area contributed by atoms with E-state index in [9.17, 15) is 14.7 Å². The number of H-pyrrole nitrogens is 1. The van der Waals surface area contributed by atoms with Crippen molar-refractivity contribution >= 4 is 23.0 Å². The Bertz CT molecular complexity index is 1220. The number of hydrogen-bond acceptors (Lipinski definition) is 4. The van der Waals surface area contributed by atoms with Gasteiger partial charge in [0.2, 0.25) is 5.88 Å². The highest BCUT2D eigenvalue weighted by molar-refractivity contribution is 6.30. The maximum absolute atomic E-state index is 12.5. The molecule has 0 saturated carbocycles. The molecule has 7 heteroatoms. The van der Waals surface area contributed by atoms with Crippen LogP contribution in [0.4, 0.5) is 5.69 Å². The predicted molar refractivity (Wildman–Crippen MR) is 114 cm³/mol. The van der Waals surface area contributed by atoms with Crippen molar-refractivity contribution in [1.82, 2.24) is 9.55 Å². The minimum atomic E-state index is -0.730. The van der Waals surface area contributed by atoms with Crippen molar-refractivity contribution in [1.29, 1.82) is 0 Å². The molecule has 29 heavy (non-hydrogen) atoms. The van der Waals surface area contributed by atoms with Gasteiger partial charge in [0.15, 0.2) is 0 Å². The molecule has 0 radical (unpaired) electrons. The lowest BCUT2D eigenvalue weighted by molar-refractivity contribution is 0.429. The lowest BCUT2D eigenvalue weighted by Gasteiger charge is -2.12. The molecule has 0 aliphatic heterocycles. The van der Waals surface area contributed by atoms with Gasteiger partial charge in [-0.15, -0.1) is 0 Å². The number of benzene rings is 2. The quantitative estimate of drug-likeness (QED) is 0.640. The lowest BCUT2D eigenvalue weighted by atomic mass is 10.1. The standard InChI is InChI=1S/C22H20ClN3O3/c1-2-18(24-16-9-6-13-4-3-5-14(13)12-16)19-20(27)25-22(29)26(21(19)28)17-10-7-15(23)8-11-17/h6-12,28H,2-5H2,1H3,(H,25,27,29).